The summed E-state index contributed by atoms with van der Waals surface area (Å²) in [6.45, 7) is 0. The van der Waals surface area contributed by atoms with E-state index in [0.717, 1.165) is 20.8 Å². The molecule has 3 rings (SSSR count). The molecule has 0 aliphatic carbocycles. The highest BCUT2D eigenvalue weighted by Crippen LogP contribution is 2.18. The maximum Gasteiger partial charge on any atom is 0.177 e. The van der Waals surface area contributed by atoms with Gasteiger partial charge >= 0.3 is 0 Å². The number of halogens is 1. The van der Waals surface area contributed by atoms with Gasteiger partial charge in [-0.25, -0.2) is 10.2 Å². The minimum atomic E-state index is 0.821. The molecule has 2 N–H and O–H groups in total. The molecule has 1 aromatic heterocycles. The summed E-state index contributed by atoms with van der Waals surface area (Å²) in [4.78, 5) is 0. The first kappa shape index (κ1) is 11.5. The number of hydrogen-bond acceptors (Lipinski definition) is 5. The molecule has 0 radical (unpaired) electrons. The van der Waals surface area contributed by atoms with E-state index in [-0.39, 0.29) is 0 Å². The van der Waals surface area contributed by atoms with E-state index in [1.165, 1.54) is 0 Å². The Balaban J connectivity index is 2.03. The third-order valence-corrected chi connectivity index (χ3v) is 3.69. The van der Waals surface area contributed by atoms with Gasteiger partial charge in [0.25, 0.3) is 0 Å². The molecular weight excluding hydrogens is 343 g/mol. The van der Waals surface area contributed by atoms with E-state index in [1.54, 1.807) is 0 Å². The third kappa shape index (κ3) is 1.85. The largest absolute Gasteiger partial charge is 0.274 e. The molecular formula is C11H11IN6. The minimum Gasteiger partial charge on any atom is -0.274 e. The normalized spacial score (nSPS) is 14.6. The number of hydrazine groups is 2. The number of para-hydroxylation sites is 1. The van der Waals surface area contributed by atoms with Gasteiger partial charge in [-0.1, -0.05) is 18.2 Å². The van der Waals surface area contributed by atoms with Crippen LogP contribution in [0, 0.1) is 3.70 Å². The zero-order chi connectivity index (χ0) is 12.5. The molecule has 0 atom stereocenters. The molecule has 2 aromatic rings. The van der Waals surface area contributed by atoms with Crippen molar-refractivity contribution < 1.29 is 0 Å². The summed E-state index contributed by atoms with van der Waals surface area (Å²) < 4.78 is 2.92. The molecule has 7 heteroatoms. The van der Waals surface area contributed by atoms with Gasteiger partial charge < -0.3 is 0 Å². The van der Waals surface area contributed by atoms with Gasteiger partial charge in [0.05, 0.1) is 17.4 Å². The lowest BCUT2D eigenvalue weighted by atomic mass is 10.3. The molecule has 1 aromatic carbocycles. The van der Waals surface area contributed by atoms with E-state index in [0.29, 0.717) is 0 Å². The molecule has 0 unspecified atom stereocenters. The van der Waals surface area contributed by atoms with Crippen LogP contribution >= 0.6 is 22.6 Å². The second kappa shape index (κ2) is 4.58. The second-order valence-electron chi connectivity index (χ2n) is 3.81. The van der Waals surface area contributed by atoms with Crippen LogP contribution in [0.2, 0.25) is 0 Å². The van der Waals surface area contributed by atoms with Crippen LogP contribution < -0.4 is 11.1 Å². The van der Waals surface area contributed by atoms with Crippen molar-refractivity contribution in [3.63, 3.8) is 0 Å². The van der Waals surface area contributed by atoms with Crippen molar-refractivity contribution in [1.82, 2.24) is 25.9 Å². The Bertz CT molecular complexity index is 591. The maximum absolute atomic E-state index is 4.41. The van der Waals surface area contributed by atoms with Gasteiger partial charge in [0.1, 0.15) is 3.70 Å². The van der Waals surface area contributed by atoms with E-state index < -0.39 is 0 Å². The Kier molecular flexibility index (Phi) is 2.92. The first-order valence-corrected chi connectivity index (χ1v) is 6.46. The van der Waals surface area contributed by atoms with Crippen LogP contribution in [0.3, 0.4) is 0 Å². The molecule has 1 aliphatic rings. The zero-order valence-electron chi connectivity index (χ0n) is 9.63. The standard InChI is InChI=1S/C11H11IN6/c1-17-11(14-15-16-17)9-7-13-18(10(9)12)8-5-3-2-4-6-8/h2-7,15-16H,1H3. The summed E-state index contributed by atoms with van der Waals surface area (Å²) in [6.07, 6.45) is 1.82. The highest BCUT2D eigenvalue weighted by molar-refractivity contribution is 14.1. The molecule has 0 saturated heterocycles. The number of hydrogen-bond donors (Lipinski definition) is 2. The molecule has 6 nitrogen and oxygen atoms in total. The van der Waals surface area contributed by atoms with Crippen molar-refractivity contribution in [2.45, 2.75) is 0 Å². The van der Waals surface area contributed by atoms with Crippen LogP contribution in [-0.4, -0.2) is 27.7 Å². The van der Waals surface area contributed by atoms with Crippen LogP contribution in [-0.2, 0) is 0 Å². The molecule has 1 aliphatic heterocycles. The van der Waals surface area contributed by atoms with Crippen molar-refractivity contribution in [3.8, 4) is 5.69 Å². The monoisotopic (exact) mass is 354 g/mol. The lowest BCUT2D eigenvalue weighted by molar-refractivity contribution is 0.349. The zero-order valence-corrected chi connectivity index (χ0v) is 11.8. The topological polar surface area (TPSA) is 57.5 Å². The predicted octanol–water partition coefficient (Wildman–Crippen LogP) is 1.09. The summed E-state index contributed by atoms with van der Waals surface area (Å²) in [5, 5.41) is 10.4. The van der Waals surface area contributed by atoms with Gasteiger partial charge in [0, 0.05) is 7.05 Å². The van der Waals surface area contributed by atoms with Gasteiger partial charge in [-0.3, -0.25) is 5.01 Å². The van der Waals surface area contributed by atoms with Crippen LogP contribution in [0.4, 0.5) is 0 Å². The number of amidine groups is 1. The SMILES string of the molecule is CN1NNN=C1c1cnn(-c2ccccc2)c1I. The molecule has 2 heterocycles. The maximum atomic E-state index is 4.41. The van der Waals surface area contributed by atoms with E-state index in [9.17, 15) is 0 Å². The van der Waals surface area contributed by atoms with E-state index in [4.69, 9.17) is 0 Å². The number of nitrogens with zero attached hydrogens (tertiary/aromatic N) is 4. The average molecular weight is 354 g/mol. The van der Waals surface area contributed by atoms with E-state index >= 15 is 0 Å². The van der Waals surface area contributed by atoms with Crippen LogP contribution in [0.15, 0.2) is 41.6 Å². The predicted molar refractivity (Wildman–Crippen MR) is 76.9 cm³/mol. The highest BCUT2D eigenvalue weighted by atomic mass is 127. The summed E-state index contributed by atoms with van der Waals surface area (Å²) >= 11 is 2.28. The van der Waals surface area contributed by atoms with Crippen molar-refractivity contribution in [1.29, 1.82) is 0 Å². The molecule has 0 amide bonds. The minimum absolute atomic E-state index is 0.821. The molecule has 18 heavy (non-hydrogen) atoms. The van der Waals surface area contributed by atoms with Crippen molar-refractivity contribution in [2.24, 2.45) is 5.10 Å². The highest BCUT2D eigenvalue weighted by Gasteiger charge is 2.20. The van der Waals surface area contributed by atoms with E-state index in [1.807, 2.05) is 53.3 Å². The van der Waals surface area contributed by atoms with Gasteiger partial charge in [-0.05, 0) is 34.7 Å². The fourth-order valence-electron chi connectivity index (χ4n) is 1.75. The lowest BCUT2D eigenvalue weighted by Crippen LogP contribution is -2.37. The van der Waals surface area contributed by atoms with Crippen molar-refractivity contribution in [3.05, 3.63) is 45.8 Å². The van der Waals surface area contributed by atoms with Gasteiger partial charge in [0.2, 0.25) is 0 Å². The number of benzene rings is 1. The fourth-order valence-corrected chi connectivity index (χ4v) is 2.54. The number of aromatic nitrogens is 2. The third-order valence-electron chi connectivity index (χ3n) is 2.65. The van der Waals surface area contributed by atoms with Crippen LogP contribution in [0.25, 0.3) is 5.69 Å². The summed E-state index contributed by atoms with van der Waals surface area (Å²) in [6, 6.07) is 10.0. The summed E-state index contributed by atoms with van der Waals surface area (Å²) in [7, 11) is 1.90. The molecule has 0 bridgehead atoms. The Morgan fingerprint density at radius 2 is 2.00 bits per heavy atom. The van der Waals surface area contributed by atoms with Gasteiger partial charge in [-0.2, -0.15) is 5.10 Å². The molecule has 0 saturated carbocycles. The molecule has 92 valence electrons. The van der Waals surface area contributed by atoms with Gasteiger partial charge in [-0.15, -0.1) is 10.6 Å². The Morgan fingerprint density at radius 3 is 2.67 bits per heavy atom. The number of rotatable bonds is 2. The van der Waals surface area contributed by atoms with Crippen LogP contribution in [0.1, 0.15) is 5.56 Å². The van der Waals surface area contributed by atoms with Crippen LogP contribution in [0.5, 0.6) is 0 Å². The smallest absolute Gasteiger partial charge is 0.177 e. The Labute approximate surface area is 118 Å². The van der Waals surface area contributed by atoms with E-state index in [2.05, 4.69) is 43.9 Å². The Morgan fingerprint density at radius 1 is 1.22 bits per heavy atom. The molecule has 0 spiro atoms. The quantitative estimate of drug-likeness (QED) is 0.793. The lowest BCUT2D eigenvalue weighted by Gasteiger charge is -2.11. The first-order valence-electron chi connectivity index (χ1n) is 5.39. The summed E-state index contributed by atoms with van der Waals surface area (Å²) in [5.41, 5.74) is 7.63. The average Bonchev–Trinajstić information content (AvgIpc) is 2.96. The number of hydrazone groups is 1. The molecule has 0 fully saturated rings. The van der Waals surface area contributed by atoms with Crippen molar-refractivity contribution >= 4 is 28.4 Å². The van der Waals surface area contributed by atoms with Crippen molar-refractivity contribution in [2.75, 3.05) is 7.05 Å². The summed E-state index contributed by atoms with van der Waals surface area (Å²) in [5.74, 6) is 0.821. The first-order chi connectivity index (χ1) is 8.77. The number of nitrogens with one attached hydrogen (secondary N) is 2. The van der Waals surface area contributed by atoms with Gasteiger partial charge in [0.15, 0.2) is 5.84 Å². The second-order valence-corrected chi connectivity index (χ2v) is 4.84. The fraction of sp³-hybridized carbons (Fsp3) is 0.0909. The Hall–Kier alpha value is -1.61.